The van der Waals surface area contributed by atoms with Gasteiger partial charge in [-0.05, 0) is 24.3 Å². The molecular formula is C21H24O8. The van der Waals surface area contributed by atoms with Gasteiger partial charge in [-0.2, -0.15) is 0 Å². The standard InChI is InChI=1S/C21H24O8/c1-23-7-9-25-13-27-15-3-5-17-19(11-15)29-20-12-16(4-6-18(20)21(17)22)28-14-26-10-8-24-2/h3-6,11-12H,7-10,13-14H2,1-2H3. The van der Waals surface area contributed by atoms with Crippen LogP contribution in [-0.2, 0) is 18.9 Å². The van der Waals surface area contributed by atoms with Gasteiger partial charge in [0.1, 0.15) is 22.7 Å². The van der Waals surface area contributed by atoms with E-state index in [0.29, 0.717) is 59.9 Å². The van der Waals surface area contributed by atoms with Crippen molar-refractivity contribution in [3.05, 3.63) is 46.6 Å². The lowest BCUT2D eigenvalue weighted by atomic mass is 10.1. The normalized spacial score (nSPS) is 11.2. The van der Waals surface area contributed by atoms with E-state index >= 15 is 0 Å². The lowest BCUT2D eigenvalue weighted by Crippen LogP contribution is -2.08. The molecule has 0 atom stereocenters. The number of fused-ring (bicyclic) bond motifs is 2. The van der Waals surface area contributed by atoms with Gasteiger partial charge in [0.05, 0.1) is 37.2 Å². The Morgan fingerprint density at radius 1 is 0.724 bits per heavy atom. The molecule has 1 heterocycles. The quantitative estimate of drug-likeness (QED) is 0.259. The van der Waals surface area contributed by atoms with E-state index in [1.807, 2.05) is 0 Å². The molecule has 3 rings (SSSR count). The second kappa shape index (κ2) is 10.8. The summed E-state index contributed by atoms with van der Waals surface area (Å²) >= 11 is 0. The Balaban J connectivity index is 1.75. The molecule has 0 aliphatic rings. The van der Waals surface area contributed by atoms with Crippen molar-refractivity contribution in [2.24, 2.45) is 0 Å². The fourth-order valence-corrected chi connectivity index (χ4v) is 2.61. The van der Waals surface area contributed by atoms with Crippen molar-refractivity contribution < 1.29 is 32.8 Å². The van der Waals surface area contributed by atoms with Gasteiger partial charge in [0.2, 0.25) is 5.43 Å². The molecule has 0 spiro atoms. The highest BCUT2D eigenvalue weighted by atomic mass is 16.7. The number of methoxy groups -OCH3 is 2. The van der Waals surface area contributed by atoms with E-state index in [1.54, 1.807) is 50.6 Å². The van der Waals surface area contributed by atoms with Gasteiger partial charge in [0.25, 0.3) is 0 Å². The molecule has 29 heavy (non-hydrogen) atoms. The Kier molecular flexibility index (Phi) is 7.83. The van der Waals surface area contributed by atoms with Gasteiger partial charge in [-0.3, -0.25) is 4.79 Å². The van der Waals surface area contributed by atoms with E-state index in [0.717, 1.165) is 0 Å². The fourth-order valence-electron chi connectivity index (χ4n) is 2.61. The average molecular weight is 404 g/mol. The van der Waals surface area contributed by atoms with Gasteiger partial charge >= 0.3 is 0 Å². The molecule has 0 unspecified atom stereocenters. The molecule has 8 heteroatoms. The van der Waals surface area contributed by atoms with Gasteiger partial charge < -0.3 is 32.8 Å². The van der Waals surface area contributed by atoms with Crippen LogP contribution in [0.2, 0.25) is 0 Å². The van der Waals surface area contributed by atoms with Crippen LogP contribution in [0.25, 0.3) is 21.9 Å². The van der Waals surface area contributed by atoms with Gasteiger partial charge in [-0.1, -0.05) is 0 Å². The molecule has 0 amide bonds. The summed E-state index contributed by atoms with van der Waals surface area (Å²) in [5.41, 5.74) is 0.725. The monoisotopic (exact) mass is 404 g/mol. The summed E-state index contributed by atoms with van der Waals surface area (Å²) in [6.45, 7) is 2.00. The SMILES string of the molecule is COCCOCOc1ccc2c(=O)c3ccc(OCOCCOC)cc3oc2c1. The van der Waals surface area contributed by atoms with Gasteiger partial charge in [-0.15, -0.1) is 0 Å². The van der Waals surface area contributed by atoms with Crippen LogP contribution in [0.4, 0.5) is 0 Å². The Labute approximate surface area is 167 Å². The van der Waals surface area contributed by atoms with E-state index in [1.165, 1.54) is 0 Å². The highest BCUT2D eigenvalue weighted by molar-refractivity contribution is 5.90. The maximum atomic E-state index is 12.8. The zero-order chi connectivity index (χ0) is 20.5. The maximum absolute atomic E-state index is 12.8. The van der Waals surface area contributed by atoms with Gasteiger partial charge in [0.15, 0.2) is 13.6 Å². The van der Waals surface area contributed by atoms with Crippen molar-refractivity contribution in [3.8, 4) is 11.5 Å². The molecule has 2 aromatic carbocycles. The maximum Gasteiger partial charge on any atom is 0.200 e. The molecule has 0 saturated heterocycles. The van der Waals surface area contributed by atoms with Crippen LogP contribution in [0.15, 0.2) is 45.6 Å². The van der Waals surface area contributed by atoms with Crippen molar-refractivity contribution in [2.45, 2.75) is 0 Å². The lowest BCUT2D eigenvalue weighted by molar-refractivity contribution is -0.00850. The van der Waals surface area contributed by atoms with Crippen LogP contribution in [0.1, 0.15) is 0 Å². The lowest BCUT2D eigenvalue weighted by Gasteiger charge is -2.09. The zero-order valence-electron chi connectivity index (χ0n) is 16.5. The molecule has 0 aliphatic heterocycles. The van der Waals surface area contributed by atoms with Crippen LogP contribution >= 0.6 is 0 Å². The molecular weight excluding hydrogens is 380 g/mol. The Hall–Kier alpha value is -2.65. The fraction of sp³-hybridized carbons (Fsp3) is 0.381. The molecule has 0 N–H and O–H groups in total. The second-order valence-electron chi connectivity index (χ2n) is 6.07. The van der Waals surface area contributed by atoms with Crippen LogP contribution in [0.3, 0.4) is 0 Å². The number of hydrogen-bond donors (Lipinski definition) is 0. The third kappa shape index (κ3) is 5.68. The minimum Gasteiger partial charge on any atom is -0.467 e. The number of ether oxygens (including phenoxy) is 6. The number of rotatable bonds is 12. The summed E-state index contributed by atoms with van der Waals surface area (Å²) in [5.74, 6) is 1.08. The van der Waals surface area contributed by atoms with Crippen LogP contribution in [0.5, 0.6) is 11.5 Å². The Bertz CT molecular complexity index is 906. The van der Waals surface area contributed by atoms with E-state index in [9.17, 15) is 4.79 Å². The first-order chi connectivity index (χ1) is 14.2. The summed E-state index contributed by atoms with van der Waals surface area (Å²) in [4.78, 5) is 12.8. The molecule has 3 aromatic rings. The molecule has 0 bridgehead atoms. The zero-order valence-corrected chi connectivity index (χ0v) is 16.5. The van der Waals surface area contributed by atoms with Gasteiger partial charge in [-0.25, -0.2) is 0 Å². The predicted octanol–water partition coefficient (Wildman–Crippen LogP) is 2.94. The molecule has 0 fully saturated rings. The first kappa shape index (κ1) is 21.1. The first-order valence-corrected chi connectivity index (χ1v) is 9.12. The van der Waals surface area contributed by atoms with Crippen molar-refractivity contribution >= 4 is 21.9 Å². The van der Waals surface area contributed by atoms with Crippen LogP contribution < -0.4 is 14.9 Å². The summed E-state index contributed by atoms with van der Waals surface area (Å²) in [6, 6.07) is 10.1. The van der Waals surface area contributed by atoms with E-state index < -0.39 is 0 Å². The molecule has 1 aromatic heterocycles. The Morgan fingerprint density at radius 2 is 1.21 bits per heavy atom. The molecule has 0 aliphatic carbocycles. The van der Waals surface area contributed by atoms with E-state index in [2.05, 4.69) is 0 Å². The largest absolute Gasteiger partial charge is 0.467 e. The average Bonchev–Trinajstić information content (AvgIpc) is 2.73. The summed E-state index contributed by atoms with van der Waals surface area (Å²) in [6.07, 6.45) is 0. The van der Waals surface area contributed by atoms with E-state index in [4.69, 9.17) is 32.8 Å². The topological polar surface area (TPSA) is 85.6 Å². The van der Waals surface area contributed by atoms with Crippen molar-refractivity contribution in [1.82, 2.24) is 0 Å². The van der Waals surface area contributed by atoms with Crippen molar-refractivity contribution in [2.75, 3.05) is 54.2 Å². The van der Waals surface area contributed by atoms with Gasteiger partial charge in [0, 0.05) is 26.4 Å². The van der Waals surface area contributed by atoms with Crippen LogP contribution in [-0.4, -0.2) is 54.2 Å². The summed E-state index contributed by atoms with van der Waals surface area (Å²) in [5, 5.41) is 0.948. The molecule has 156 valence electrons. The van der Waals surface area contributed by atoms with E-state index in [-0.39, 0.29) is 19.0 Å². The number of benzene rings is 2. The minimum atomic E-state index is -0.118. The van der Waals surface area contributed by atoms with Crippen molar-refractivity contribution in [3.63, 3.8) is 0 Å². The first-order valence-electron chi connectivity index (χ1n) is 9.12. The summed E-state index contributed by atoms with van der Waals surface area (Å²) in [7, 11) is 3.20. The predicted molar refractivity (Wildman–Crippen MR) is 107 cm³/mol. The highest BCUT2D eigenvalue weighted by Gasteiger charge is 2.10. The molecule has 0 radical (unpaired) electrons. The second-order valence-corrected chi connectivity index (χ2v) is 6.07. The minimum absolute atomic E-state index is 0.0771. The Morgan fingerprint density at radius 3 is 1.66 bits per heavy atom. The number of hydrogen-bond acceptors (Lipinski definition) is 8. The molecule has 0 saturated carbocycles. The van der Waals surface area contributed by atoms with Crippen molar-refractivity contribution in [1.29, 1.82) is 0 Å². The smallest absolute Gasteiger partial charge is 0.200 e. The third-order valence-corrected chi connectivity index (χ3v) is 4.10. The molecule has 8 nitrogen and oxygen atoms in total. The highest BCUT2D eigenvalue weighted by Crippen LogP contribution is 2.25. The summed E-state index contributed by atoms with van der Waals surface area (Å²) < 4.78 is 37.4. The third-order valence-electron chi connectivity index (χ3n) is 4.10. The van der Waals surface area contributed by atoms with Crippen LogP contribution in [0, 0.1) is 0 Å².